The molecule has 0 bridgehead atoms. The highest BCUT2D eigenvalue weighted by molar-refractivity contribution is 5.91. The number of benzene rings is 1. The topological polar surface area (TPSA) is 107 Å². The zero-order valence-electron chi connectivity index (χ0n) is 15.2. The summed E-state index contributed by atoms with van der Waals surface area (Å²) in [6.07, 6.45) is 1.84. The molecule has 0 unspecified atom stereocenters. The van der Waals surface area contributed by atoms with E-state index in [1.165, 1.54) is 0 Å². The number of carbonyl (C=O) groups is 1. The van der Waals surface area contributed by atoms with Gasteiger partial charge in [-0.25, -0.2) is 0 Å². The Bertz CT molecular complexity index is 1210. The number of hydrogen-bond donors (Lipinski definition) is 1. The number of ether oxygens (including phenoxy) is 1. The van der Waals surface area contributed by atoms with Crippen LogP contribution in [0.3, 0.4) is 0 Å². The van der Waals surface area contributed by atoms with Crippen LogP contribution in [-0.4, -0.2) is 37.3 Å². The zero-order valence-corrected chi connectivity index (χ0v) is 15.2. The summed E-state index contributed by atoms with van der Waals surface area (Å²) in [4.78, 5) is 17.0. The van der Waals surface area contributed by atoms with Crippen LogP contribution < -0.4 is 10.1 Å². The maximum atomic E-state index is 12.8. The molecule has 1 atom stereocenters. The van der Waals surface area contributed by atoms with Gasteiger partial charge in [-0.1, -0.05) is 23.4 Å². The van der Waals surface area contributed by atoms with E-state index in [1.807, 2.05) is 43.5 Å². The number of nitrogens with zero attached hydrogens (tertiary/aromatic N) is 5. The number of nitrogens with one attached hydrogen (secondary N) is 1. The summed E-state index contributed by atoms with van der Waals surface area (Å²) in [6, 6.07) is 9.11. The Kier molecular flexibility index (Phi) is 3.61. The van der Waals surface area contributed by atoms with E-state index < -0.39 is 0 Å². The molecule has 0 fully saturated rings. The number of rotatable bonds is 3. The van der Waals surface area contributed by atoms with Crippen LogP contribution in [0.25, 0.3) is 17.0 Å². The molecule has 28 heavy (non-hydrogen) atoms. The van der Waals surface area contributed by atoms with Crippen LogP contribution in [0.4, 0.5) is 0 Å². The van der Waals surface area contributed by atoms with Crippen molar-refractivity contribution in [3.05, 3.63) is 59.4 Å². The van der Waals surface area contributed by atoms with Gasteiger partial charge in [-0.2, -0.15) is 4.98 Å². The van der Waals surface area contributed by atoms with Gasteiger partial charge in [-0.15, -0.1) is 10.2 Å². The molecule has 1 N–H and O–H groups in total. The molecule has 0 saturated carbocycles. The lowest BCUT2D eigenvalue weighted by Crippen LogP contribution is -2.30. The zero-order chi connectivity index (χ0) is 19.3. The Labute approximate surface area is 159 Å². The van der Waals surface area contributed by atoms with E-state index in [2.05, 4.69) is 25.7 Å². The first-order valence-electron chi connectivity index (χ1n) is 8.78. The van der Waals surface area contributed by atoms with E-state index in [1.54, 1.807) is 11.3 Å². The Morgan fingerprint density at radius 1 is 1.21 bits per heavy atom. The minimum absolute atomic E-state index is 0.242. The maximum absolute atomic E-state index is 12.8. The lowest BCUT2D eigenvalue weighted by molar-refractivity contribution is 0.0918. The molecule has 0 aliphatic carbocycles. The van der Waals surface area contributed by atoms with Crippen molar-refractivity contribution in [3.8, 4) is 17.1 Å². The molecule has 3 aromatic heterocycles. The van der Waals surface area contributed by atoms with Gasteiger partial charge in [-0.05, 0) is 24.6 Å². The number of carbonyl (C=O) groups excluding carboxylic acids is 1. The first-order valence-corrected chi connectivity index (χ1v) is 8.78. The summed E-state index contributed by atoms with van der Waals surface area (Å²) in [7, 11) is 0. The first-order chi connectivity index (χ1) is 13.6. The highest BCUT2D eigenvalue weighted by Gasteiger charge is 2.28. The van der Waals surface area contributed by atoms with Crippen molar-refractivity contribution in [2.24, 2.45) is 0 Å². The van der Waals surface area contributed by atoms with Crippen LogP contribution in [0.1, 0.15) is 33.7 Å². The van der Waals surface area contributed by atoms with E-state index in [9.17, 15) is 4.79 Å². The fraction of sp³-hybridized carbons (Fsp3) is 0.211. The van der Waals surface area contributed by atoms with Gasteiger partial charge in [0.05, 0.1) is 6.04 Å². The normalized spacial score (nSPS) is 15.4. The van der Waals surface area contributed by atoms with Crippen LogP contribution in [-0.2, 0) is 0 Å². The van der Waals surface area contributed by atoms with Gasteiger partial charge < -0.3 is 14.6 Å². The van der Waals surface area contributed by atoms with Crippen molar-refractivity contribution in [2.75, 3.05) is 6.61 Å². The molecule has 9 nitrogen and oxygen atoms in total. The third-order valence-electron chi connectivity index (χ3n) is 4.64. The molecule has 9 heteroatoms. The largest absolute Gasteiger partial charge is 0.491 e. The molecular weight excluding hydrogens is 360 g/mol. The fourth-order valence-electron chi connectivity index (χ4n) is 3.26. The molecule has 4 heterocycles. The fourth-order valence-corrected chi connectivity index (χ4v) is 3.26. The van der Waals surface area contributed by atoms with E-state index in [0.717, 1.165) is 16.7 Å². The molecule has 5 rings (SSSR count). The van der Waals surface area contributed by atoms with Crippen molar-refractivity contribution in [2.45, 2.75) is 19.9 Å². The predicted octanol–water partition coefficient (Wildman–Crippen LogP) is 2.26. The van der Waals surface area contributed by atoms with Crippen LogP contribution in [0.15, 0.2) is 41.1 Å². The Balaban J connectivity index is 1.40. The van der Waals surface area contributed by atoms with Gasteiger partial charge >= 0.3 is 0 Å². The van der Waals surface area contributed by atoms with Crippen LogP contribution >= 0.6 is 0 Å². The van der Waals surface area contributed by atoms with Crippen molar-refractivity contribution < 1.29 is 14.1 Å². The van der Waals surface area contributed by atoms with E-state index in [4.69, 9.17) is 9.26 Å². The van der Waals surface area contributed by atoms with E-state index in [0.29, 0.717) is 29.7 Å². The van der Waals surface area contributed by atoms with Crippen molar-refractivity contribution in [1.29, 1.82) is 0 Å². The van der Waals surface area contributed by atoms with Gasteiger partial charge in [0.2, 0.25) is 17.5 Å². The SMILES string of the molecule is Cc1ccc2nnc(C(=O)N[C@@H]3COc4cc(-c5noc(C)n5)ccc43)n2c1. The van der Waals surface area contributed by atoms with Crippen LogP contribution in [0.5, 0.6) is 5.75 Å². The smallest absolute Gasteiger partial charge is 0.290 e. The first kappa shape index (κ1) is 16.4. The van der Waals surface area contributed by atoms with Gasteiger partial charge in [0.25, 0.3) is 5.91 Å². The molecule has 140 valence electrons. The van der Waals surface area contributed by atoms with Crippen molar-refractivity contribution >= 4 is 11.6 Å². The second kappa shape index (κ2) is 6.15. The Hall–Kier alpha value is -3.75. The highest BCUT2D eigenvalue weighted by Crippen LogP contribution is 2.35. The second-order valence-electron chi connectivity index (χ2n) is 6.68. The summed E-state index contributed by atoms with van der Waals surface area (Å²) in [5, 5.41) is 15.0. The third kappa shape index (κ3) is 2.68. The van der Waals surface area contributed by atoms with Gasteiger partial charge in [0.15, 0.2) is 5.65 Å². The number of amides is 1. The molecule has 0 saturated heterocycles. The second-order valence-corrected chi connectivity index (χ2v) is 6.68. The summed E-state index contributed by atoms with van der Waals surface area (Å²) < 4.78 is 12.5. The lowest BCUT2D eigenvalue weighted by atomic mass is 10.1. The van der Waals surface area contributed by atoms with Crippen molar-refractivity contribution in [1.82, 2.24) is 30.1 Å². The quantitative estimate of drug-likeness (QED) is 0.584. The van der Waals surface area contributed by atoms with E-state index >= 15 is 0 Å². The lowest BCUT2D eigenvalue weighted by Gasteiger charge is -2.11. The molecule has 1 aliphatic rings. The van der Waals surface area contributed by atoms with Crippen molar-refractivity contribution in [3.63, 3.8) is 0 Å². The Morgan fingerprint density at radius 2 is 2.11 bits per heavy atom. The number of fused-ring (bicyclic) bond motifs is 2. The maximum Gasteiger partial charge on any atom is 0.290 e. The van der Waals surface area contributed by atoms with Gasteiger partial charge in [-0.3, -0.25) is 9.20 Å². The van der Waals surface area contributed by atoms with E-state index in [-0.39, 0.29) is 17.8 Å². The average molecular weight is 376 g/mol. The molecule has 1 aromatic carbocycles. The minimum atomic E-state index is -0.308. The average Bonchev–Trinajstić information content (AvgIpc) is 3.39. The molecule has 1 aliphatic heterocycles. The summed E-state index contributed by atoms with van der Waals surface area (Å²) in [5.41, 5.74) is 3.32. The molecule has 4 aromatic rings. The summed E-state index contributed by atoms with van der Waals surface area (Å²) >= 11 is 0. The van der Waals surface area contributed by atoms with Crippen LogP contribution in [0, 0.1) is 13.8 Å². The van der Waals surface area contributed by atoms with Gasteiger partial charge in [0, 0.05) is 24.2 Å². The Morgan fingerprint density at radius 3 is 2.93 bits per heavy atom. The number of aryl methyl sites for hydroxylation is 2. The number of aromatic nitrogens is 5. The monoisotopic (exact) mass is 376 g/mol. The third-order valence-corrected chi connectivity index (χ3v) is 4.64. The standard InChI is InChI=1S/C19H16N6O3/c1-10-3-6-16-22-23-18(25(16)8-10)19(26)21-14-9-27-15-7-12(4-5-13(14)15)17-20-11(2)28-24-17/h3-8,14H,9H2,1-2H3,(H,21,26)/t14-/m1/s1. The van der Waals surface area contributed by atoms with Gasteiger partial charge in [0.1, 0.15) is 12.4 Å². The molecule has 1 amide bonds. The predicted molar refractivity (Wildman–Crippen MR) is 97.9 cm³/mol. The summed E-state index contributed by atoms with van der Waals surface area (Å²) in [5.74, 6) is 1.62. The number of pyridine rings is 1. The summed E-state index contributed by atoms with van der Waals surface area (Å²) in [6.45, 7) is 4.03. The highest BCUT2D eigenvalue weighted by atomic mass is 16.5. The molecule has 0 spiro atoms. The number of hydrogen-bond acceptors (Lipinski definition) is 7. The minimum Gasteiger partial charge on any atom is -0.491 e. The molecule has 0 radical (unpaired) electrons. The van der Waals surface area contributed by atoms with Crippen LogP contribution in [0.2, 0.25) is 0 Å². The molecular formula is C19H16N6O3.